The molecule has 0 saturated carbocycles. The number of benzene rings is 2. The summed E-state index contributed by atoms with van der Waals surface area (Å²) in [5.74, 6) is 0.747. The zero-order chi connectivity index (χ0) is 21.5. The van der Waals surface area contributed by atoms with Crippen molar-refractivity contribution in [3.63, 3.8) is 0 Å². The van der Waals surface area contributed by atoms with Crippen molar-refractivity contribution < 1.29 is 18.1 Å². The zero-order valence-corrected chi connectivity index (χ0v) is 17.8. The summed E-state index contributed by atoms with van der Waals surface area (Å²) < 4.78 is 34.0. The number of non-ortho nitro benzene ring substituents is 1. The SMILES string of the molecule is CC1(C)CC(Nc2ccc([N+](=O)[O-])cc2S(=O)(=O)N2CCCC2)c2ccccc2O1. The van der Waals surface area contributed by atoms with Crippen molar-refractivity contribution in [2.75, 3.05) is 18.4 Å². The minimum atomic E-state index is -3.85. The van der Waals surface area contributed by atoms with E-state index in [4.69, 9.17) is 4.74 Å². The van der Waals surface area contributed by atoms with E-state index in [-0.39, 0.29) is 16.6 Å². The zero-order valence-electron chi connectivity index (χ0n) is 17.0. The molecule has 30 heavy (non-hydrogen) atoms. The third-order valence-electron chi connectivity index (χ3n) is 5.56. The highest BCUT2D eigenvalue weighted by atomic mass is 32.2. The number of ether oxygens (including phenoxy) is 1. The van der Waals surface area contributed by atoms with Gasteiger partial charge < -0.3 is 10.1 Å². The van der Waals surface area contributed by atoms with E-state index < -0.39 is 20.5 Å². The summed E-state index contributed by atoms with van der Waals surface area (Å²) in [7, 11) is -3.85. The van der Waals surface area contributed by atoms with Crippen molar-refractivity contribution in [1.82, 2.24) is 4.31 Å². The first kappa shape index (κ1) is 20.6. The van der Waals surface area contributed by atoms with E-state index in [0.29, 0.717) is 25.2 Å². The topological polar surface area (TPSA) is 102 Å². The lowest BCUT2D eigenvalue weighted by atomic mass is 9.89. The molecule has 2 aromatic carbocycles. The fourth-order valence-electron chi connectivity index (χ4n) is 4.14. The summed E-state index contributed by atoms with van der Waals surface area (Å²) in [6, 6.07) is 11.4. The highest BCUT2D eigenvalue weighted by Crippen LogP contribution is 2.42. The summed E-state index contributed by atoms with van der Waals surface area (Å²) in [4.78, 5) is 10.7. The van der Waals surface area contributed by atoms with Gasteiger partial charge in [0.05, 0.1) is 16.7 Å². The molecule has 160 valence electrons. The van der Waals surface area contributed by atoms with Crippen LogP contribution in [0.1, 0.15) is 44.7 Å². The monoisotopic (exact) mass is 431 g/mol. The number of hydrogen-bond donors (Lipinski definition) is 1. The molecule has 0 aromatic heterocycles. The molecule has 2 aliphatic rings. The molecule has 4 rings (SSSR count). The van der Waals surface area contributed by atoms with Gasteiger partial charge in [-0.3, -0.25) is 10.1 Å². The number of rotatable bonds is 5. The van der Waals surface area contributed by atoms with Crippen LogP contribution in [0.3, 0.4) is 0 Å². The number of hydrogen-bond acceptors (Lipinski definition) is 6. The second kappa shape index (κ2) is 7.55. The van der Waals surface area contributed by atoms with E-state index >= 15 is 0 Å². The van der Waals surface area contributed by atoms with Crippen molar-refractivity contribution in [3.05, 3.63) is 58.1 Å². The largest absolute Gasteiger partial charge is 0.487 e. The molecule has 0 spiro atoms. The molecule has 9 heteroatoms. The predicted octanol–water partition coefficient (Wildman–Crippen LogP) is 4.09. The number of nitro benzene ring substituents is 1. The second-order valence-electron chi connectivity index (χ2n) is 8.35. The molecule has 1 saturated heterocycles. The van der Waals surface area contributed by atoms with Crippen molar-refractivity contribution in [2.45, 2.75) is 49.6 Å². The molecule has 1 unspecified atom stereocenters. The Bertz CT molecular complexity index is 1080. The number of anilines is 1. The van der Waals surface area contributed by atoms with Gasteiger partial charge in [0.15, 0.2) is 0 Å². The average Bonchev–Trinajstić information content (AvgIpc) is 3.23. The Morgan fingerprint density at radius 3 is 2.57 bits per heavy atom. The molecule has 1 fully saturated rings. The highest BCUT2D eigenvalue weighted by Gasteiger charge is 2.36. The lowest BCUT2D eigenvalue weighted by molar-refractivity contribution is -0.385. The first-order chi connectivity index (χ1) is 14.2. The number of fused-ring (bicyclic) bond motifs is 1. The van der Waals surface area contributed by atoms with Gasteiger partial charge in [0.1, 0.15) is 16.2 Å². The molecule has 8 nitrogen and oxygen atoms in total. The summed E-state index contributed by atoms with van der Waals surface area (Å²) in [5.41, 5.74) is 0.608. The maximum absolute atomic E-state index is 13.3. The minimum absolute atomic E-state index is 0.0552. The summed E-state index contributed by atoms with van der Waals surface area (Å²) in [5, 5.41) is 14.7. The number of nitrogens with zero attached hydrogens (tertiary/aromatic N) is 2. The Hall–Kier alpha value is -2.65. The molecular weight excluding hydrogens is 406 g/mol. The van der Waals surface area contributed by atoms with Crippen LogP contribution in [-0.4, -0.2) is 36.3 Å². The van der Waals surface area contributed by atoms with Gasteiger partial charge in [0.2, 0.25) is 10.0 Å². The van der Waals surface area contributed by atoms with E-state index in [2.05, 4.69) is 5.32 Å². The van der Waals surface area contributed by atoms with Crippen molar-refractivity contribution in [3.8, 4) is 5.75 Å². The summed E-state index contributed by atoms with van der Waals surface area (Å²) >= 11 is 0. The first-order valence-electron chi connectivity index (χ1n) is 10.0. The van der Waals surface area contributed by atoms with Gasteiger partial charge >= 0.3 is 0 Å². The van der Waals surface area contributed by atoms with Crippen LogP contribution in [0.4, 0.5) is 11.4 Å². The van der Waals surface area contributed by atoms with Gasteiger partial charge in [0.25, 0.3) is 5.69 Å². The van der Waals surface area contributed by atoms with Crippen LogP contribution >= 0.6 is 0 Å². The Kier molecular flexibility index (Phi) is 5.19. The predicted molar refractivity (Wildman–Crippen MR) is 113 cm³/mol. The van der Waals surface area contributed by atoms with E-state index in [0.717, 1.165) is 30.2 Å². The fourth-order valence-corrected chi connectivity index (χ4v) is 5.84. The average molecular weight is 432 g/mol. The smallest absolute Gasteiger partial charge is 0.270 e. The van der Waals surface area contributed by atoms with Gasteiger partial charge in [0, 0.05) is 37.2 Å². The Balaban J connectivity index is 1.77. The van der Waals surface area contributed by atoms with Crippen molar-refractivity contribution in [1.29, 1.82) is 0 Å². The third-order valence-corrected chi connectivity index (χ3v) is 7.50. The van der Waals surface area contributed by atoms with E-state index in [9.17, 15) is 18.5 Å². The van der Waals surface area contributed by atoms with Gasteiger partial charge in [-0.1, -0.05) is 18.2 Å². The van der Waals surface area contributed by atoms with Crippen LogP contribution < -0.4 is 10.1 Å². The van der Waals surface area contributed by atoms with Crippen LogP contribution in [0, 0.1) is 10.1 Å². The van der Waals surface area contributed by atoms with Gasteiger partial charge in [-0.05, 0) is 38.8 Å². The Morgan fingerprint density at radius 2 is 1.87 bits per heavy atom. The summed E-state index contributed by atoms with van der Waals surface area (Å²) in [6.07, 6.45) is 2.20. The summed E-state index contributed by atoms with van der Waals surface area (Å²) in [6.45, 7) is 4.82. The van der Waals surface area contributed by atoms with Gasteiger partial charge in [-0.15, -0.1) is 0 Å². The highest BCUT2D eigenvalue weighted by molar-refractivity contribution is 7.89. The second-order valence-corrected chi connectivity index (χ2v) is 10.3. The molecule has 1 atom stereocenters. The van der Waals surface area contributed by atoms with Crippen LogP contribution in [0.2, 0.25) is 0 Å². The number of sulfonamides is 1. The van der Waals surface area contributed by atoms with Crippen LogP contribution in [0.25, 0.3) is 0 Å². The number of nitrogens with one attached hydrogen (secondary N) is 1. The fraction of sp³-hybridized carbons (Fsp3) is 0.429. The molecular formula is C21H25N3O5S. The molecule has 0 aliphatic carbocycles. The maximum atomic E-state index is 13.3. The third kappa shape index (κ3) is 3.87. The minimum Gasteiger partial charge on any atom is -0.487 e. The number of para-hydroxylation sites is 1. The van der Waals surface area contributed by atoms with E-state index in [1.807, 2.05) is 38.1 Å². The molecule has 0 bridgehead atoms. The lowest BCUT2D eigenvalue weighted by Gasteiger charge is -2.38. The molecule has 2 aromatic rings. The quantitative estimate of drug-likeness (QED) is 0.565. The normalized spacial score (nSPS) is 20.9. The number of nitro groups is 1. The van der Waals surface area contributed by atoms with E-state index in [1.165, 1.54) is 16.4 Å². The maximum Gasteiger partial charge on any atom is 0.270 e. The Morgan fingerprint density at radius 1 is 1.17 bits per heavy atom. The molecule has 2 heterocycles. The standard InChI is InChI=1S/C21H25N3O5S/c1-21(2)14-18(16-7-3-4-8-19(16)29-21)22-17-10-9-15(24(25)26)13-20(17)30(27,28)23-11-5-6-12-23/h3-4,7-10,13,18,22H,5-6,11-12,14H2,1-2H3. The molecule has 1 N–H and O–H groups in total. The van der Waals surface area contributed by atoms with Crippen LogP contribution in [0.15, 0.2) is 47.4 Å². The van der Waals surface area contributed by atoms with E-state index in [1.54, 1.807) is 0 Å². The molecule has 0 amide bonds. The van der Waals surface area contributed by atoms with Crippen LogP contribution in [-0.2, 0) is 10.0 Å². The lowest BCUT2D eigenvalue weighted by Crippen LogP contribution is -2.37. The van der Waals surface area contributed by atoms with Crippen molar-refractivity contribution in [2.24, 2.45) is 0 Å². The molecule has 2 aliphatic heterocycles. The van der Waals surface area contributed by atoms with Crippen LogP contribution in [0.5, 0.6) is 5.75 Å². The van der Waals surface area contributed by atoms with Gasteiger partial charge in [-0.2, -0.15) is 4.31 Å². The Labute approximate surface area is 176 Å². The van der Waals surface area contributed by atoms with Crippen molar-refractivity contribution >= 4 is 21.4 Å². The molecule has 0 radical (unpaired) electrons. The first-order valence-corrected chi connectivity index (χ1v) is 11.4. The van der Waals surface area contributed by atoms with Gasteiger partial charge in [-0.25, -0.2) is 8.42 Å².